The second-order valence-corrected chi connectivity index (χ2v) is 5.87. The molecule has 0 fully saturated rings. The van der Waals surface area contributed by atoms with Crippen molar-refractivity contribution >= 4 is 11.8 Å². The van der Waals surface area contributed by atoms with Crippen molar-refractivity contribution in [2.45, 2.75) is 18.6 Å². The molecule has 3 rings (SSSR count). The number of amides is 2. The Labute approximate surface area is 143 Å². The molecule has 0 aromatic heterocycles. The lowest BCUT2D eigenvalue weighted by atomic mass is 9.99. The number of aliphatic hydroxyl groups is 1. The molecule has 25 heavy (non-hydrogen) atoms. The van der Waals surface area contributed by atoms with E-state index in [1.807, 2.05) is 6.07 Å². The zero-order chi connectivity index (χ0) is 18.0. The highest BCUT2D eigenvalue weighted by Crippen LogP contribution is 2.27. The first-order chi connectivity index (χ1) is 12.0. The van der Waals surface area contributed by atoms with E-state index < -0.39 is 35.4 Å². The molecule has 0 unspecified atom stereocenters. The number of carbonyl (C=O) groups is 2. The van der Waals surface area contributed by atoms with E-state index in [-0.39, 0.29) is 17.5 Å². The molecule has 128 valence electrons. The highest BCUT2D eigenvalue weighted by atomic mass is 16.6. The fraction of sp³-hybridized carbons (Fsp3) is 0.222. The summed E-state index contributed by atoms with van der Waals surface area (Å²) in [6, 6.07) is 14.3. The summed E-state index contributed by atoms with van der Waals surface area (Å²) in [4.78, 5) is 36.4. The fourth-order valence-corrected chi connectivity index (χ4v) is 3.04. The van der Waals surface area contributed by atoms with Gasteiger partial charge in [-0.15, -0.1) is 0 Å². The molecule has 1 aliphatic heterocycles. The van der Waals surface area contributed by atoms with Crippen LogP contribution in [0.25, 0.3) is 0 Å². The minimum Gasteiger partial charge on any atom is -0.384 e. The zero-order valence-corrected chi connectivity index (χ0v) is 13.2. The normalized spacial score (nSPS) is 15.8. The summed E-state index contributed by atoms with van der Waals surface area (Å²) in [6.07, 6.45) is -1.32. The zero-order valence-electron chi connectivity index (χ0n) is 13.2. The second-order valence-electron chi connectivity index (χ2n) is 5.87. The number of nitrogens with zero attached hydrogens (tertiary/aromatic N) is 2. The maximum atomic E-state index is 12.7. The number of aliphatic hydroxyl groups excluding tert-OH is 1. The van der Waals surface area contributed by atoms with Crippen LogP contribution in [0.1, 0.15) is 26.3 Å². The molecule has 0 radical (unpaired) electrons. The van der Waals surface area contributed by atoms with E-state index >= 15 is 0 Å². The fourth-order valence-electron chi connectivity index (χ4n) is 3.04. The Bertz CT molecular complexity index is 786. The van der Waals surface area contributed by atoms with E-state index in [2.05, 4.69) is 0 Å². The van der Waals surface area contributed by atoms with E-state index in [4.69, 9.17) is 0 Å². The molecule has 2 atom stereocenters. The van der Waals surface area contributed by atoms with Gasteiger partial charge in [0.15, 0.2) is 0 Å². The number of carbonyl (C=O) groups excluding carboxylic acids is 2. The van der Waals surface area contributed by atoms with Crippen molar-refractivity contribution < 1.29 is 19.6 Å². The molecule has 7 heteroatoms. The predicted octanol–water partition coefficient (Wildman–Crippen LogP) is 1.53. The largest absolute Gasteiger partial charge is 0.384 e. The Morgan fingerprint density at radius 3 is 2.00 bits per heavy atom. The summed E-state index contributed by atoms with van der Waals surface area (Å²) < 4.78 is 0. The van der Waals surface area contributed by atoms with Crippen molar-refractivity contribution in [2.24, 2.45) is 0 Å². The molecule has 2 amide bonds. The second kappa shape index (κ2) is 6.82. The number of imide groups is 1. The first-order valence-corrected chi connectivity index (χ1v) is 7.79. The third-order valence-corrected chi connectivity index (χ3v) is 4.23. The summed E-state index contributed by atoms with van der Waals surface area (Å²) in [5.41, 5.74) is 1.27. The van der Waals surface area contributed by atoms with Gasteiger partial charge in [0.05, 0.1) is 17.2 Å². The van der Waals surface area contributed by atoms with Crippen molar-refractivity contribution in [2.75, 3.05) is 6.54 Å². The van der Waals surface area contributed by atoms with Crippen LogP contribution in [0, 0.1) is 10.1 Å². The average molecular weight is 340 g/mol. The van der Waals surface area contributed by atoms with Crippen molar-refractivity contribution in [1.29, 1.82) is 0 Å². The number of hydrogen-bond acceptors (Lipinski definition) is 5. The third kappa shape index (κ3) is 3.27. The van der Waals surface area contributed by atoms with Crippen LogP contribution >= 0.6 is 0 Å². The van der Waals surface area contributed by atoms with Crippen LogP contribution in [0.5, 0.6) is 0 Å². The minimum atomic E-state index is -1.46. The Balaban J connectivity index is 1.96. The molecule has 2 aromatic carbocycles. The molecule has 1 heterocycles. The van der Waals surface area contributed by atoms with Gasteiger partial charge < -0.3 is 5.11 Å². The van der Waals surface area contributed by atoms with Crippen LogP contribution in [0.3, 0.4) is 0 Å². The van der Waals surface area contributed by atoms with E-state index in [9.17, 15) is 24.8 Å². The topological polar surface area (TPSA) is 101 Å². The Morgan fingerprint density at radius 1 is 0.960 bits per heavy atom. The summed E-state index contributed by atoms with van der Waals surface area (Å²) in [5.74, 6) is -1.08. The van der Waals surface area contributed by atoms with E-state index in [1.54, 1.807) is 36.4 Å². The lowest BCUT2D eigenvalue weighted by molar-refractivity contribution is -0.491. The number of fused-ring (bicyclic) bond motifs is 1. The maximum absolute atomic E-state index is 12.7. The SMILES string of the molecule is O=C1c2ccccc2C(=O)N1[C@@H](Cc1ccccc1)[C@H](O)C[N+](=O)[O-]. The van der Waals surface area contributed by atoms with Gasteiger partial charge in [-0.3, -0.25) is 24.6 Å². The van der Waals surface area contributed by atoms with Crippen LogP contribution in [-0.4, -0.2) is 45.4 Å². The standard InChI is InChI=1S/C18H16N2O5/c21-16(11-19(24)25)15(10-12-6-2-1-3-7-12)20-17(22)13-8-4-5-9-14(13)18(20)23/h1-9,15-16,21H,10-11H2/t15-,16+/m0/s1. The quantitative estimate of drug-likeness (QED) is 0.488. The molecule has 0 saturated heterocycles. The van der Waals surface area contributed by atoms with Gasteiger partial charge in [0, 0.05) is 4.92 Å². The number of benzene rings is 2. The number of rotatable bonds is 6. The summed E-state index contributed by atoms with van der Waals surface area (Å²) in [5, 5.41) is 21.1. The third-order valence-electron chi connectivity index (χ3n) is 4.23. The van der Waals surface area contributed by atoms with Crippen molar-refractivity contribution in [3.05, 3.63) is 81.4 Å². The lowest BCUT2D eigenvalue weighted by Crippen LogP contribution is -2.50. The highest BCUT2D eigenvalue weighted by molar-refractivity contribution is 6.21. The van der Waals surface area contributed by atoms with E-state index in [0.29, 0.717) is 0 Å². The predicted molar refractivity (Wildman–Crippen MR) is 88.7 cm³/mol. The van der Waals surface area contributed by atoms with Crippen molar-refractivity contribution in [1.82, 2.24) is 4.90 Å². The van der Waals surface area contributed by atoms with Gasteiger partial charge in [0.2, 0.25) is 6.54 Å². The molecule has 0 spiro atoms. The molecule has 1 aliphatic rings. The number of nitro groups is 1. The molecular formula is C18H16N2O5. The van der Waals surface area contributed by atoms with Crippen LogP contribution < -0.4 is 0 Å². The smallest absolute Gasteiger partial charge is 0.261 e. The molecule has 7 nitrogen and oxygen atoms in total. The molecule has 0 aliphatic carbocycles. The van der Waals surface area contributed by atoms with Gasteiger partial charge in [-0.25, -0.2) is 0 Å². The molecule has 1 N–H and O–H groups in total. The minimum absolute atomic E-state index is 0.140. The average Bonchev–Trinajstić information content (AvgIpc) is 2.85. The van der Waals surface area contributed by atoms with Gasteiger partial charge in [0.25, 0.3) is 11.8 Å². The van der Waals surface area contributed by atoms with Crippen LogP contribution in [0.15, 0.2) is 54.6 Å². The molecule has 2 aromatic rings. The summed E-state index contributed by atoms with van der Waals surface area (Å²) in [6.45, 7) is -0.745. The number of hydrogen-bond donors (Lipinski definition) is 1. The first-order valence-electron chi connectivity index (χ1n) is 7.79. The van der Waals surface area contributed by atoms with Gasteiger partial charge in [-0.1, -0.05) is 42.5 Å². The van der Waals surface area contributed by atoms with E-state index in [0.717, 1.165) is 10.5 Å². The van der Waals surface area contributed by atoms with Crippen LogP contribution in [0.4, 0.5) is 0 Å². The van der Waals surface area contributed by atoms with Crippen LogP contribution in [0.2, 0.25) is 0 Å². The van der Waals surface area contributed by atoms with E-state index in [1.165, 1.54) is 12.1 Å². The van der Waals surface area contributed by atoms with Crippen LogP contribution in [-0.2, 0) is 6.42 Å². The lowest BCUT2D eigenvalue weighted by Gasteiger charge is -2.28. The van der Waals surface area contributed by atoms with Crippen molar-refractivity contribution in [3.63, 3.8) is 0 Å². The summed E-state index contributed by atoms with van der Waals surface area (Å²) in [7, 11) is 0. The monoisotopic (exact) mass is 340 g/mol. The van der Waals surface area contributed by atoms with Gasteiger partial charge in [-0.05, 0) is 24.1 Å². The maximum Gasteiger partial charge on any atom is 0.261 e. The highest BCUT2D eigenvalue weighted by Gasteiger charge is 2.43. The first kappa shape index (κ1) is 16.8. The van der Waals surface area contributed by atoms with Gasteiger partial charge >= 0.3 is 0 Å². The molecule has 0 saturated carbocycles. The Hall–Kier alpha value is -3.06. The van der Waals surface area contributed by atoms with Gasteiger partial charge in [0.1, 0.15) is 6.10 Å². The summed E-state index contributed by atoms with van der Waals surface area (Å²) >= 11 is 0. The Morgan fingerprint density at radius 2 is 1.48 bits per heavy atom. The Kier molecular flexibility index (Phi) is 4.58. The molecular weight excluding hydrogens is 324 g/mol. The van der Waals surface area contributed by atoms with Gasteiger partial charge in [-0.2, -0.15) is 0 Å². The van der Waals surface area contributed by atoms with Crippen molar-refractivity contribution in [3.8, 4) is 0 Å². The molecule has 0 bridgehead atoms.